The van der Waals surface area contributed by atoms with Gasteiger partial charge in [-0.05, 0) is 25.3 Å². The molecule has 2 aromatic heterocycles. The second kappa shape index (κ2) is 6.12. The van der Waals surface area contributed by atoms with Crippen molar-refractivity contribution >= 4 is 5.97 Å². The van der Waals surface area contributed by atoms with Crippen molar-refractivity contribution in [1.82, 2.24) is 24.8 Å². The van der Waals surface area contributed by atoms with Gasteiger partial charge in [0, 0.05) is 25.9 Å². The molecule has 7 heteroatoms. The number of rotatable bonds is 7. The van der Waals surface area contributed by atoms with E-state index in [1.807, 2.05) is 25.5 Å². The van der Waals surface area contributed by atoms with Crippen LogP contribution in [-0.2, 0) is 24.8 Å². The molecule has 7 nitrogen and oxygen atoms in total. The van der Waals surface area contributed by atoms with E-state index in [1.54, 1.807) is 9.36 Å². The molecule has 0 saturated carbocycles. The SMILES string of the molecule is Cn1ccc(Cn2cc(CCCCC(=O)O)nn2)n1. The summed E-state index contributed by atoms with van der Waals surface area (Å²) in [6.07, 6.45) is 6.23. The number of aliphatic carboxylic acids is 1. The van der Waals surface area contributed by atoms with E-state index >= 15 is 0 Å². The van der Waals surface area contributed by atoms with Crippen LogP contribution in [0.5, 0.6) is 0 Å². The van der Waals surface area contributed by atoms with Crippen molar-refractivity contribution in [3.05, 3.63) is 29.8 Å². The van der Waals surface area contributed by atoms with E-state index in [2.05, 4.69) is 15.4 Å². The maximum atomic E-state index is 10.4. The number of hydrogen-bond donors (Lipinski definition) is 1. The molecule has 0 fully saturated rings. The normalized spacial score (nSPS) is 10.8. The molecule has 0 amide bonds. The highest BCUT2D eigenvalue weighted by Crippen LogP contribution is 2.05. The summed E-state index contributed by atoms with van der Waals surface area (Å²) in [4.78, 5) is 10.4. The smallest absolute Gasteiger partial charge is 0.303 e. The van der Waals surface area contributed by atoms with Gasteiger partial charge >= 0.3 is 5.97 Å². The van der Waals surface area contributed by atoms with Gasteiger partial charge in [0.25, 0.3) is 0 Å². The highest BCUT2D eigenvalue weighted by molar-refractivity contribution is 5.66. The number of hydrogen-bond acceptors (Lipinski definition) is 4. The summed E-state index contributed by atoms with van der Waals surface area (Å²) in [6.45, 7) is 0.600. The molecule has 0 aliphatic rings. The third kappa shape index (κ3) is 4.20. The largest absolute Gasteiger partial charge is 0.481 e. The molecule has 19 heavy (non-hydrogen) atoms. The van der Waals surface area contributed by atoms with E-state index in [9.17, 15) is 4.79 Å². The van der Waals surface area contributed by atoms with E-state index < -0.39 is 5.97 Å². The number of carbonyl (C=O) groups is 1. The Morgan fingerprint density at radius 2 is 2.21 bits per heavy atom. The van der Waals surface area contributed by atoms with Gasteiger partial charge in [-0.15, -0.1) is 5.10 Å². The third-order valence-corrected chi connectivity index (χ3v) is 2.75. The van der Waals surface area contributed by atoms with Crippen molar-refractivity contribution in [3.63, 3.8) is 0 Å². The van der Waals surface area contributed by atoms with E-state index in [1.165, 1.54) is 0 Å². The minimum Gasteiger partial charge on any atom is -0.481 e. The molecule has 0 spiro atoms. The second-order valence-electron chi connectivity index (χ2n) is 4.49. The van der Waals surface area contributed by atoms with Crippen LogP contribution < -0.4 is 0 Å². The molecule has 0 radical (unpaired) electrons. The Kier molecular flexibility index (Phi) is 4.27. The highest BCUT2D eigenvalue weighted by Gasteiger charge is 2.04. The van der Waals surface area contributed by atoms with Crippen LogP contribution in [0.2, 0.25) is 0 Å². The number of carboxylic acids is 1. The average Bonchev–Trinajstić information content (AvgIpc) is 2.95. The fraction of sp³-hybridized carbons (Fsp3) is 0.500. The summed E-state index contributed by atoms with van der Waals surface area (Å²) in [5.74, 6) is -0.751. The fourth-order valence-corrected chi connectivity index (χ4v) is 1.83. The van der Waals surface area contributed by atoms with Crippen molar-refractivity contribution in [3.8, 4) is 0 Å². The van der Waals surface area contributed by atoms with Crippen LogP contribution in [0.4, 0.5) is 0 Å². The van der Waals surface area contributed by atoms with Gasteiger partial charge in [0.2, 0.25) is 0 Å². The van der Waals surface area contributed by atoms with Crippen LogP contribution in [0.15, 0.2) is 18.5 Å². The fourth-order valence-electron chi connectivity index (χ4n) is 1.83. The average molecular weight is 263 g/mol. The molecule has 0 bridgehead atoms. The van der Waals surface area contributed by atoms with Gasteiger partial charge in [0.15, 0.2) is 0 Å². The molecular weight excluding hydrogens is 246 g/mol. The Morgan fingerprint density at radius 3 is 2.89 bits per heavy atom. The van der Waals surface area contributed by atoms with Crippen LogP contribution in [-0.4, -0.2) is 35.9 Å². The van der Waals surface area contributed by atoms with Gasteiger partial charge in [0.1, 0.15) is 0 Å². The molecule has 102 valence electrons. The zero-order valence-corrected chi connectivity index (χ0v) is 10.9. The zero-order chi connectivity index (χ0) is 13.7. The minimum absolute atomic E-state index is 0.210. The van der Waals surface area contributed by atoms with Crippen molar-refractivity contribution in [1.29, 1.82) is 0 Å². The topological polar surface area (TPSA) is 85.8 Å². The first-order valence-electron chi connectivity index (χ1n) is 6.23. The molecule has 2 rings (SSSR count). The number of aryl methyl sites for hydroxylation is 2. The Labute approximate surface area is 110 Å². The van der Waals surface area contributed by atoms with Crippen LogP contribution in [0, 0.1) is 0 Å². The first-order valence-corrected chi connectivity index (χ1v) is 6.23. The van der Waals surface area contributed by atoms with Gasteiger partial charge < -0.3 is 5.11 Å². The molecule has 2 heterocycles. The molecule has 0 aliphatic heterocycles. The third-order valence-electron chi connectivity index (χ3n) is 2.75. The molecular formula is C12H17N5O2. The summed E-state index contributed by atoms with van der Waals surface area (Å²) in [7, 11) is 1.87. The number of nitrogens with zero attached hydrogens (tertiary/aromatic N) is 5. The first-order chi connectivity index (χ1) is 9.13. The monoisotopic (exact) mass is 263 g/mol. The lowest BCUT2D eigenvalue weighted by atomic mass is 10.1. The van der Waals surface area contributed by atoms with Crippen LogP contribution in [0.1, 0.15) is 30.7 Å². The van der Waals surface area contributed by atoms with E-state index in [4.69, 9.17) is 5.11 Å². The summed E-state index contributed by atoms with van der Waals surface area (Å²) >= 11 is 0. The zero-order valence-electron chi connectivity index (χ0n) is 10.9. The second-order valence-corrected chi connectivity index (χ2v) is 4.49. The van der Waals surface area contributed by atoms with Crippen LogP contribution in [0.25, 0.3) is 0 Å². The predicted molar refractivity (Wildman–Crippen MR) is 67.5 cm³/mol. The quantitative estimate of drug-likeness (QED) is 0.749. The van der Waals surface area contributed by atoms with Crippen LogP contribution >= 0.6 is 0 Å². The number of carboxylic acid groups (broad SMARTS) is 1. The van der Waals surface area contributed by atoms with Gasteiger partial charge in [-0.2, -0.15) is 5.10 Å². The molecule has 1 N–H and O–H groups in total. The molecule has 2 aromatic rings. The van der Waals surface area contributed by atoms with Crippen molar-refractivity contribution < 1.29 is 9.90 Å². The lowest BCUT2D eigenvalue weighted by molar-refractivity contribution is -0.137. The summed E-state index contributed by atoms with van der Waals surface area (Å²) in [5.41, 5.74) is 1.83. The van der Waals surface area contributed by atoms with Crippen LogP contribution in [0.3, 0.4) is 0 Å². The highest BCUT2D eigenvalue weighted by atomic mass is 16.4. The Morgan fingerprint density at radius 1 is 1.37 bits per heavy atom. The molecule has 0 aromatic carbocycles. The predicted octanol–water partition coefficient (Wildman–Crippen LogP) is 0.857. The summed E-state index contributed by atoms with van der Waals surface area (Å²) in [6, 6.07) is 1.94. The van der Waals surface area contributed by atoms with Crippen molar-refractivity contribution in [2.45, 2.75) is 32.2 Å². The summed E-state index contributed by atoms with van der Waals surface area (Å²) < 4.78 is 3.49. The molecule has 0 unspecified atom stereocenters. The maximum Gasteiger partial charge on any atom is 0.303 e. The Bertz CT molecular complexity index is 546. The van der Waals surface area contributed by atoms with Crippen molar-refractivity contribution in [2.24, 2.45) is 7.05 Å². The summed E-state index contributed by atoms with van der Waals surface area (Å²) in [5, 5.41) is 20.9. The van der Waals surface area contributed by atoms with Gasteiger partial charge in [-0.25, -0.2) is 4.68 Å². The molecule has 0 aliphatic carbocycles. The van der Waals surface area contributed by atoms with Gasteiger partial charge in [-0.3, -0.25) is 9.48 Å². The van der Waals surface area contributed by atoms with E-state index in [0.717, 1.165) is 24.2 Å². The van der Waals surface area contributed by atoms with Gasteiger partial charge in [-0.1, -0.05) is 5.21 Å². The minimum atomic E-state index is -0.751. The van der Waals surface area contributed by atoms with E-state index in [0.29, 0.717) is 13.0 Å². The lowest BCUT2D eigenvalue weighted by Crippen LogP contribution is -2.02. The first kappa shape index (κ1) is 13.3. The maximum absolute atomic E-state index is 10.4. The molecule has 0 saturated heterocycles. The standard InChI is InChI=1S/C12H17N5O2/c1-16-7-6-11(14-16)9-17-8-10(13-15-17)4-2-3-5-12(18)19/h6-8H,2-5,9H2,1H3,(H,18,19). The Hall–Kier alpha value is -2.18. The Balaban J connectivity index is 1.80. The lowest BCUT2D eigenvalue weighted by Gasteiger charge is -1.96. The molecule has 0 atom stereocenters. The van der Waals surface area contributed by atoms with E-state index in [-0.39, 0.29) is 6.42 Å². The number of aromatic nitrogens is 5. The number of unbranched alkanes of at least 4 members (excludes halogenated alkanes) is 1. The van der Waals surface area contributed by atoms with Crippen molar-refractivity contribution in [2.75, 3.05) is 0 Å². The van der Waals surface area contributed by atoms with Gasteiger partial charge in [0.05, 0.1) is 17.9 Å².